The van der Waals surface area contributed by atoms with Crippen LogP contribution >= 0.6 is 12.4 Å². The molecule has 1 aromatic rings. The van der Waals surface area contributed by atoms with E-state index in [9.17, 15) is 4.79 Å². The maximum Gasteiger partial charge on any atom is 0.325 e. The minimum absolute atomic E-state index is 0. The minimum Gasteiger partial charge on any atom is -0.508 e. The first kappa shape index (κ1) is 12.7. The molecule has 78 valence electrons. The summed E-state index contributed by atoms with van der Waals surface area (Å²) in [6.45, 7) is 0. The maximum atomic E-state index is 10.7. The first-order valence-electron chi connectivity index (χ1n) is 3.84. The zero-order valence-corrected chi connectivity index (χ0v) is 8.41. The van der Waals surface area contributed by atoms with Crippen molar-refractivity contribution in [2.45, 2.75) is 6.04 Å². The first-order valence-corrected chi connectivity index (χ1v) is 3.84. The van der Waals surface area contributed by atoms with E-state index in [2.05, 4.69) is 5.32 Å². The molecule has 0 saturated heterocycles. The fourth-order valence-corrected chi connectivity index (χ4v) is 1.10. The highest BCUT2D eigenvalue weighted by atomic mass is 35.5. The van der Waals surface area contributed by atoms with Crippen LogP contribution in [0.1, 0.15) is 11.6 Å². The van der Waals surface area contributed by atoms with Gasteiger partial charge in [-0.15, -0.1) is 12.4 Å². The molecule has 1 rings (SSSR count). The molecule has 1 aromatic carbocycles. The van der Waals surface area contributed by atoms with Crippen molar-refractivity contribution in [1.82, 2.24) is 5.32 Å². The molecule has 1 atom stereocenters. The van der Waals surface area contributed by atoms with Crippen molar-refractivity contribution in [3.8, 4) is 5.75 Å². The SMILES string of the molecule is CN[C@H](C(=O)O)c1ccc(O)cc1.Cl. The second kappa shape index (κ2) is 5.47. The van der Waals surface area contributed by atoms with Crippen LogP contribution in [-0.4, -0.2) is 23.2 Å². The molecule has 0 radical (unpaired) electrons. The van der Waals surface area contributed by atoms with E-state index in [0.717, 1.165) is 0 Å². The van der Waals surface area contributed by atoms with Crippen molar-refractivity contribution in [2.75, 3.05) is 7.05 Å². The summed E-state index contributed by atoms with van der Waals surface area (Å²) in [6, 6.07) is 5.35. The van der Waals surface area contributed by atoms with Gasteiger partial charge < -0.3 is 15.5 Å². The molecule has 3 N–H and O–H groups in total. The van der Waals surface area contributed by atoms with E-state index in [-0.39, 0.29) is 18.2 Å². The Bertz CT molecular complexity index is 299. The minimum atomic E-state index is -0.937. The van der Waals surface area contributed by atoms with Crippen LogP contribution in [0.3, 0.4) is 0 Å². The number of likely N-dealkylation sites (N-methyl/N-ethyl adjacent to an activating group) is 1. The number of halogens is 1. The summed E-state index contributed by atoms with van der Waals surface area (Å²) in [4.78, 5) is 10.7. The summed E-state index contributed by atoms with van der Waals surface area (Å²) in [5.41, 5.74) is 0.618. The summed E-state index contributed by atoms with van der Waals surface area (Å²) < 4.78 is 0. The molecule has 0 aliphatic heterocycles. The summed E-state index contributed by atoms with van der Waals surface area (Å²) in [7, 11) is 1.58. The highest BCUT2D eigenvalue weighted by molar-refractivity contribution is 5.85. The van der Waals surface area contributed by atoms with Gasteiger partial charge in [-0.3, -0.25) is 4.79 Å². The second-order valence-electron chi connectivity index (χ2n) is 2.65. The zero-order valence-electron chi connectivity index (χ0n) is 7.60. The molecule has 0 aliphatic rings. The van der Waals surface area contributed by atoms with Crippen LogP contribution in [0.4, 0.5) is 0 Å². The van der Waals surface area contributed by atoms with Crippen LogP contribution in [0.25, 0.3) is 0 Å². The molecule has 14 heavy (non-hydrogen) atoms. The summed E-state index contributed by atoms with van der Waals surface area (Å²) in [5.74, 6) is -0.808. The Morgan fingerprint density at radius 2 is 1.86 bits per heavy atom. The number of carbonyl (C=O) groups is 1. The normalized spacial score (nSPS) is 11.5. The van der Waals surface area contributed by atoms with Gasteiger partial charge in [-0.2, -0.15) is 0 Å². The number of carboxylic acids is 1. The van der Waals surface area contributed by atoms with E-state index in [1.165, 1.54) is 12.1 Å². The average Bonchev–Trinajstić information content (AvgIpc) is 2.09. The van der Waals surface area contributed by atoms with Crippen LogP contribution in [0.15, 0.2) is 24.3 Å². The number of phenolic OH excluding ortho intramolecular Hbond substituents is 1. The van der Waals surface area contributed by atoms with Gasteiger partial charge in [0.1, 0.15) is 11.8 Å². The molecule has 5 heteroatoms. The van der Waals surface area contributed by atoms with Crippen molar-refractivity contribution in [1.29, 1.82) is 0 Å². The van der Waals surface area contributed by atoms with E-state index >= 15 is 0 Å². The van der Waals surface area contributed by atoms with E-state index in [4.69, 9.17) is 10.2 Å². The van der Waals surface area contributed by atoms with E-state index < -0.39 is 12.0 Å². The zero-order chi connectivity index (χ0) is 9.84. The number of aromatic hydroxyl groups is 1. The van der Waals surface area contributed by atoms with Crippen LogP contribution in [0.2, 0.25) is 0 Å². The van der Waals surface area contributed by atoms with E-state index in [1.807, 2.05) is 0 Å². The predicted molar refractivity (Wildman–Crippen MR) is 54.8 cm³/mol. The van der Waals surface area contributed by atoms with Crippen molar-refractivity contribution < 1.29 is 15.0 Å². The lowest BCUT2D eigenvalue weighted by atomic mass is 10.1. The maximum absolute atomic E-state index is 10.7. The molecule has 0 spiro atoms. The molecule has 0 amide bonds. The Hall–Kier alpha value is -1.26. The first-order chi connectivity index (χ1) is 6.15. The molecule has 0 aromatic heterocycles. The standard InChI is InChI=1S/C9H11NO3.ClH/c1-10-8(9(12)13)6-2-4-7(11)5-3-6;/h2-5,8,10-11H,1H3,(H,12,13);1H/t8-;/m0./s1. The molecule has 0 heterocycles. The molecule has 0 fully saturated rings. The van der Waals surface area contributed by atoms with Gasteiger partial charge in [-0.05, 0) is 24.7 Å². The Labute approximate surface area is 88.0 Å². The van der Waals surface area contributed by atoms with Crippen molar-refractivity contribution in [2.24, 2.45) is 0 Å². The fourth-order valence-electron chi connectivity index (χ4n) is 1.10. The van der Waals surface area contributed by atoms with Crippen molar-refractivity contribution in [3.05, 3.63) is 29.8 Å². The topological polar surface area (TPSA) is 69.6 Å². The van der Waals surface area contributed by atoms with Gasteiger partial charge in [0.2, 0.25) is 0 Å². The van der Waals surface area contributed by atoms with Gasteiger partial charge >= 0.3 is 5.97 Å². The number of aliphatic carboxylic acids is 1. The van der Waals surface area contributed by atoms with Crippen LogP contribution in [-0.2, 0) is 4.79 Å². The van der Waals surface area contributed by atoms with Gasteiger partial charge in [-0.25, -0.2) is 0 Å². The summed E-state index contributed by atoms with van der Waals surface area (Å²) in [5, 5.41) is 20.4. The van der Waals surface area contributed by atoms with Crippen molar-refractivity contribution in [3.63, 3.8) is 0 Å². The molecule has 0 saturated carbocycles. The lowest BCUT2D eigenvalue weighted by molar-refractivity contribution is -0.139. The number of hydrogen-bond donors (Lipinski definition) is 3. The predicted octanol–water partition coefficient (Wildman–Crippen LogP) is 1.16. The second-order valence-corrected chi connectivity index (χ2v) is 2.65. The summed E-state index contributed by atoms with van der Waals surface area (Å²) >= 11 is 0. The molecular weight excluding hydrogens is 206 g/mol. The number of rotatable bonds is 3. The fraction of sp³-hybridized carbons (Fsp3) is 0.222. The number of phenols is 1. The molecule has 0 aliphatic carbocycles. The van der Waals surface area contributed by atoms with Gasteiger partial charge in [0.15, 0.2) is 0 Å². The Morgan fingerprint density at radius 1 is 1.36 bits per heavy atom. The van der Waals surface area contributed by atoms with Gasteiger partial charge in [0, 0.05) is 0 Å². The average molecular weight is 218 g/mol. The monoisotopic (exact) mass is 217 g/mol. The quantitative estimate of drug-likeness (QED) is 0.711. The summed E-state index contributed by atoms with van der Waals surface area (Å²) in [6.07, 6.45) is 0. The third-order valence-corrected chi connectivity index (χ3v) is 1.76. The smallest absolute Gasteiger partial charge is 0.325 e. The number of benzene rings is 1. The Balaban J connectivity index is 0.00000169. The number of carboxylic acid groups (broad SMARTS) is 1. The van der Waals surface area contributed by atoms with Crippen LogP contribution in [0, 0.1) is 0 Å². The largest absolute Gasteiger partial charge is 0.508 e. The van der Waals surface area contributed by atoms with E-state index in [0.29, 0.717) is 5.56 Å². The third-order valence-electron chi connectivity index (χ3n) is 1.76. The molecule has 4 nitrogen and oxygen atoms in total. The highest BCUT2D eigenvalue weighted by Gasteiger charge is 2.16. The molecule has 0 bridgehead atoms. The van der Waals surface area contributed by atoms with Crippen LogP contribution in [0.5, 0.6) is 5.75 Å². The van der Waals surface area contributed by atoms with Gasteiger partial charge in [0.25, 0.3) is 0 Å². The van der Waals surface area contributed by atoms with Gasteiger partial charge in [0.05, 0.1) is 0 Å². The molecule has 0 unspecified atom stereocenters. The lowest BCUT2D eigenvalue weighted by Gasteiger charge is -2.10. The molecular formula is C9H12ClNO3. The highest BCUT2D eigenvalue weighted by Crippen LogP contribution is 2.16. The number of hydrogen-bond acceptors (Lipinski definition) is 3. The Kier molecular flexibility index (Phi) is 4.97. The lowest BCUT2D eigenvalue weighted by Crippen LogP contribution is -2.24. The van der Waals surface area contributed by atoms with Gasteiger partial charge in [-0.1, -0.05) is 12.1 Å². The van der Waals surface area contributed by atoms with E-state index in [1.54, 1.807) is 19.2 Å². The van der Waals surface area contributed by atoms with Crippen molar-refractivity contribution >= 4 is 18.4 Å². The van der Waals surface area contributed by atoms with Crippen LogP contribution < -0.4 is 5.32 Å². The third kappa shape index (κ3) is 2.90. The number of nitrogens with one attached hydrogen (secondary N) is 1. The Morgan fingerprint density at radius 3 is 2.21 bits per heavy atom.